The summed E-state index contributed by atoms with van der Waals surface area (Å²) in [5.41, 5.74) is 1.37. The number of halogens is 1. The van der Waals surface area contributed by atoms with Gasteiger partial charge in [0.2, 0.25) is 0 Å². The lowest BCUT2D eigenvalue weighted by Crippen LogP contribution is -2.52. The Bertz CT molecular complexity index is 850. The van der Waals surface area contributed by atoms with Gasteiger partial charge in [-0.2, -0.15) is 0 Å². The van der Waals surface area contributed by atoms with Gasteiger partial charge in [0, 0.05) is 50.6 Å². The topological polar surface area (TPSA) is 61.8 Å². The Morgan fingerprint density at radius 2 is 1.93 bits per heavy atom. The molecule has 2 N–H and O–H groups in total. The molecule has 2 aliphatic rings. The highest BCUT2D eigenvalue weighted by Gasteiger charge is 2.43. The van der Waals surface area contributed by atoms with Crippen molar-refractivity contribution in [3.8, 4) is 5.75 Å². The van der Waals surface area contributed by atoms with E-state index in [1.807, 2.05) is 18.2 Å². The molecule has 154 valence electrons. The van der Waals surface area contributed by atoms with Crippen molar-refractivity contribution in [2.24, 2.45) is 0 Å². The summed E-state index contributed by atoms with van der Waals surface area (Å²) >= 11 is 6.01. The maximum absolute atomic E-state index is 12.6. The SMILES string of the molecule is O=C1CC2(CCN(CC(O)CNCc3ccccc3)CC2)Oc2ccc(Cl)cc21. The van der Waals surface area contributed by atoms with Crippen LogP contribution in [-0.2, 0) is 6.54 Å². The highest BCUT2D eigenvalue weighted by Crippen LogP contribution is 2.40. The zero-order valence-corrected chi connectivity index (χ0v) is 17.2. The second-order valence-corrected chi connectivity index (χ2v) is 8.53. The molecule has 6 heteroatoms. The molecule has 1 unspecified atom stereocenters. The maximum Gasteiger partial charge on any atom is 0.170 e. The zero-order valence-electron chi connectivity index (χ0n) is 16.4. The molecular weight excluding hydrogens is 388 g/mol. The minimum Gasteiger partial charge on any atom is -0.486 e. The van der Waals surface area contributed by atoms with Crippen LogP contribution in [0.15, 0.2) is 48.5 Å². The number of fused-ring (bicyclic) bond motifs is 1. The second kappa shape index (κ2) is 8.84. The van der Waals surface area contributed by atoms with E-state index in [9.17, 15) is 9.90 Å². The van der Waals surface area contributed by atoms with E-state index in [1.165, 1.54) is 5.56 Å². The Morgan fingerprint density at radius 1 is 1.17 bits per heavy atom. The van der Waals surface area contributed by atoms with Crippen molar-refractivity contribution in [2.45, 2.75) is 37.5 Å². The molecule has 2 aromatic carbocycles. The van der Waals surface area contributed by atoms with Crippen LogP contribution >= 0.6 is 11.6 Å². The van der Waals surface area contributed by atoms with E-state index in [-0.39, 0.29) is 5.78 Å². The van der Waals surface area contributed by atoms with Crippen LogP contribution in [0.4, 0.5) is 0 Å². The normalized spacial score (nSPS) is 19.6. The minimum atomic E-state index is -0.426. The lowest BCUT2D eigenvalue weighted by Gasteiger charge is -2.44. The van der Waals surface area contributed by atoms with Crippen LogP contribution in [0.3, 0.4) is 0 Å². The molecule has 2 heterocycles. The Labute approximate surface area is 176 Å². The van der Waals surface area contributed by atoms with Crippen molar-refractivity contribution in [1.29, 1.82) is 0 Å². The number of Topliss-reactive ketones (excluding diaryl/α,β-unsaturated/α-hetero) is 1. The molecule has 1 spiro atoms. The average Bonchev–Trinajstić information content (AvgIpc) is 2.71. The summed E-state index contributed by atoms with van der Waals surface area (Å²) in [6.45, 7) is 3.55. The molecule has 2 aromatic rings. The number of rotatable bonds is 6. The van der Waals surface area contributed by atoms with Gasteiger partial charge in [0.1, 0.15) is 11.4 Å². The lowest BCUT2D eigenvalue weighted by atomic mass is 9.82. The van der Waals surface area contributed by atoms with Crippen LogP contribution in [0, 0.1) is 0 Å². The number of piperidine rings is 1. The van der Waals surface area contributed by atoms with Gasteiger partial charge in [-0.25, -0.2) is 0 Å². The molecule has 2 aliphatic heterocycles. The number of ketones is 1. The molecule has 1 fully saturated rings. The highest BCUT2D eigenvalue weighted by atomic mass is 35.5. The summed E-state index contributed by atoms with van der Waals surface area (Å²) < 4.78 is 6.27. The highest BCUT2D eigenvalue weighted by molar-refractivity contribution is 6.31. The fourth-order valence-electron chi connectivity index (χ4n) is 4.23. The molecule has 0 aromatic heterocycles. The van der Waals surface area contributed by atoms with E-state index in [0.29, 0.717) is 35.8 Å². The number of benzene rings is 2. The van der Waals surface area contributed by atoms with Crippen LogP contribution in [0.25, 0.3) is 0 Å². The summed E-state index contributed by atoms with van der Waals surface area (Å²) in [5, 5.41) is 14.2. The first-order chi connectivity index (χ1) is 14.0. The number of hydrogen-bond acceptors (Lipinski definition) is 5. The third kappa shape index (κ3) is 4.98. The third-order valence-corrected chi connectivity index (χ3v) is 6.07. The summed E-state index contributed by atoms with van der Waals surface area (Å²) in [5.74, 6) is 0.747. The minimum absolute atomic E-state index is 0.104. The number of hydrogen-bond donors (Lipinski definition) is 2. The lowest BCUT2D eigenvalue weighted by molar-refractivity contribution is -0.0179. The molecule has 5 nitrogen and oxygen atoms in total. The number of aliphatic hydroxyl groups excluding tert-OH is 1. The van der Waals surface area contributed by atoms with Gasteiger partial charge in [-0.05, 0) is 23.8 Å². The summed E-state index contributed by atoms with van der Waals surface area (Å²) in [4.78, 5) is 14.9. The van der Waals surface area contributed by atoms with Crippen molar-refractivity contribution < 1.29 is 14.6 Å². The molecule has 0 radical (unpaired) electrons. The predicted octanol–water partition coefficient (Wildman–Crippen LogP) is 3.29. The van der Waals surface area contributed by atoms with Gasteiger partial charge in [0.25, 0.3) is 0 Å². The van der Waals surface area contributed by atoms with Crippen molar-refractivity contribution in [3.05, 3.63) is 64.7 Å². The molecule has 0 amide bonds. The van der Waals surface area contributed by atoms with E-state index in [1.54, 1.807) is 18.2 Å². The van der Waals surface area contributed by atoms with E-state index in [0.717, 1.165) is 32.5 Å². The Hall–Kier alpha value is -1.92. The largest absolute Gasteiger partial charge is 0.486 e. The fraction of sp³-hybridized carbons (Fsp3) is 0.435. The van der Waals surface area contributed by atoms with Crippen LogP contribution in [0.5, 0.6) is 5.75 Å². The first-order valence-electron chi connectivity index (χ1n) is 10.2. The van der Waals surface area contributed by atoms with Gasteiger partial charge < -0.3 is 20.1 Å². The van der Waals surface area contributed by atoms with Gasteiger partial charge in [-0.15, -0.1) is 0 Å². The Balaban J connectivity index is 1.25. The van der Waals surface area contributed by atoms with E-state index < -0.39 is 11.7 Å². The molecule has 0 aliphatic carbocycles. The van der Waals surface area contributed by atoms with Crippen molar-refractivity contribution >= 4 is 17.4 Å². The zero-order chi connectivity index (χ0) is 20.3. The van der Waals surface area contributed by atoms with E-state index in [4.69, 9.17) is 16.3 Å². The van der Waals surface area contributed by atoms with Crippen molar-refractivity contribution in [2.75, 3.05) is 26.2 Å². The summed E-state index contributed by atoms with van der Waals surface area (Å²) in [7, 11) is 0. The van der Waals surface area contributed by atoms with Crippen molar-refractivity contribution in [3.63, 3.8) is 0 Å². The van der Waals surface area contributed by atoms with Crippen LogP contribution < -0.4 is 10.1 Å². The standard InChI is InChI=1S/C23H27ClN2O3/c24-18-6-7-22-20(12-18)21(28)13-23(29-22)8-10-26(11-9-23)16-19(27)15-25-14-17-4-2-1-3-5-17/h1-7,12,19,25,27H,8-11,13-16H2. The molecule has 4 rings (SSSR count). The first kappa shape index (κ1) is 20.4. The molecule has 1 saturated heterocycles. The van der Waals surface area contributed by atoms with E-state index in [2.05, 4.69) is 22.3 Å². The monoisotopic (exact) mass is 414 g/mol. The van der Waals surface area contributed by atoms with Gasteiger partial charge in [0.05, 0.1) is 18.1 Å². The number of nitrogens with zero attached hydrogens (tertiary/aromatic N) is 1. The fourth-order valence-corrected chi connectivity index (χ4v) is 4.40. The van der Waals surface area contributed by atoms with E-state index >= 15 is 0 Å². The van der Waals surface area contributed by atoms with Crippen LogP contribution in [-0.4, -0.2) is 53.7 Å². The summed E-state index contributed by atoms with van der Waals surface area (Å²) in [6.07, 6.45) is 1.54. The van der Waals surface area contributed by atoms with Gasteiger partial charge in [-0.1, -0.05) is 41.9 Å². The van der Waals surface area contributed by atoms with Gasteiger partial charge in [-0.3, -0.25) is 4.79 Å². The molecule has 0 saturated carbocycles. The first-order valence-corrected chi connectivity index (χ1v) is 10.6. The second-order valence-electron chi connectivity index (χ2n) is 8.10. The average molecular weight is 415 g/mol. The Kier molecular flexibility index (Phi) is 6.20. The molecule has 1 atom stereocenters. The number of aliphatic hydroxyl groups is 1. The Morgan fingerprint density at radius 3 is 2.69 bits per heavy atom. The smallest absolute Gasteiger partial charge is 0.170 e. The number of likely N-dealkylation sites (tertiary alicyclic amines) is 1. The molecule has 0 bridgehead atoms. The number of nitrogens with one attached hydrogen (secondary N) is 1. The van der Waals surface area contributed by atoms with Gasteiger partial charge in [0.15, 0.2) is 5.78 Å². The number of carbonyl (C=O) groups is 1. The van der Waals surface area contributed by atoms with Crippen molar-refractivity contribution in [1.82, 2.24) is 10.2 Å². The quantitative estimate of drug-likeness (QED) is 0.759. The van der Waals surface area contributed by atoms with Crippen LogP contribution in [0.1, 0.15) is 35.2 Å². The van der Waals surface area contributed by atoms with Gasteiger partial charge >= 0.3 is 0 Å². The van der Waals surface area contributed by atoms with Crippen LogP contribution in [0.2, 0.25) is 5.02 Å². The number of ether oxygens (including phenoxy) is 1. The number of β-amino-alcohol motifs (C(OH)–C–C–N with tert-alkyl or cyclic N) is 1. The maximum atomic E-state index is 12.6. The third-order valence-electron chi connectivity index (χ3n) is 5.84. The number of carbonyl (C=O) groups excluding carboxylic acids is 1. The molecular formula is C23H27ClN2O3. The predicted molar refractivity (Wildman–Crippen MR) is 114 cm³/mol. The summed E-state index contributed by atoms with van der Waals surface area (Å²) in [6, 6.07) is 15.4. The molecule has 29 heavy (non-hydrogen) atoms.